The monoisotopic (exact) mass is 246 g/mol. The van der Waals surface area contributed by atoms with E-state index in [-0.39, 0.29) is 0 Å². The number of anilines is 1. The van der Waals surface area contributed by atoms with Gasteiger partial charge >= 0.3 is 0 Å². The molecule has 1 heterocycles. The highest BCUT2D eigenvalue weighted by Crippen LogP contribution is 2.33. The second-order valence-corrected chi connectivity index (χ2v) is 6.40. The zero-order chi connectivity index (χ0) is 13.2. The van der Waals surface area contributed by atoms with Gasteiger partial charge in [-0.25, -0.2) is 0 Å². The molecule has 1 saturated heterocycles. The number of rotatable bonds is 2. The Kier molecular flexibility index (Phi) is 3.96. The third-order valence-corrected chi connectivity index (χ3v) is 4.34. The van der Waals surface area contributed by atoms with Crippen molar-refractivity contribution < 1.29 is 0 Å². The van der Waals surface area contributed by atoms with Gasteiger partial charge in [-0.15, -0.1) is 0 Å². The number of nitrogens with zero attached hydrogens (tertiary/aromatic N) is 1. The van der Waals surface area contributed by atoms with E-state index >= 15 is 0 Å². The smallest absolute Gasteiger partial charge is 0.0319 e. The van der Waals surface area contributed by atoms with Crippen molar-refractivity contribution in [1.82, 2.24) is 4.90 Å². The highest BCUT2D eigenvalue weighted by molar-refractivity contribution is 5.40. The van der Waals surface area contributed by atoms with Crippen molar-refractivity contribution in [2.45, 2.75) is 46.1 Å². The molecule has 1 aliphatic rings. The molecule has 0 spiro atoms. The van der Waals surface area contributed by atoms with Crippen LogP contribution >= 0.6 is 0 Å². The number of hydrogen-bond acceptors (Lipinski definition) is 2. The van der Waals surface area contributed by atoms with Gasteiger partial charge in [0, 0.05) is 11.7 Å². The average molecular weight is 246 g/mol. The highest BCUT2D eigenvalue weighted by Gasteiger charge is 2.25. The molecule has 1 unspecified atom stereocenters. The summed E-state index contributed by atoms with van der Waals surface area (Å²) < 4.78 is 0. The van der Waals surface area contributed by atoms with E-state index in [0.717, 1.165) is 5.69 Å². The maximum absolute atomic E-state index is 5.75. The lowest BCUT2D eigenvalue weighted by atomic mass is 9.85. The Morgan fingerprint density at radius 1 is 1.11 bits per heavy atom. The summed E-state index contributed by atoms with van der Waals surface area (Å²) in [5.41, 5.74) is 8.49. The molecule has 1 aliphatic heterocycles. The summed E-state index contributed by atoms with van der Waals surface area (Å²) in [5.74, 6) is 0. The number of nitrogens with two attached hydrogens (primary N) is 1. The predicted octanol–water partition coefficient (Wildman–Crippen LogP) is 3.84. The van der Waals surface area contributed by atoms with Crippen LogP contribution in [0.2, 0.25) is 0 Å². The molecule has 18 heavy (non-hydrogen) atoms. The van der Waals surface area contributed by atoms with Crippen molar-refractivity contribution in [1.29, 1.82) is 0 Å². The van der Waals surface area contributed by atoms with Crippen molar-refractivity contribution in [3.8, 4) is 0 Å². The number of hydrogen-bond donors (Lipinski definition) is 1. The molecule has 0 aromatic heterocycles. The maximum atomic E-state index is 5.75. The van der Waals surface area contributed by atoms with Crippen molar-refractivity contribution in [2.75, 3.05) is 18.8 Å². The molecular weight excluding hydrogens is 220 g/mol. The lowest BCUT2D eigenvalue weighted by molar-refractivity contribution is 0.208. The molecule has 2 heteroatoms. The molecule has 100 valence electrons. The summed E-state index contributed by atoms with van der Waals surface area (Å²) in [6.07, 6.45) is 3.95. The van der Waals surface area contributed by atoms with E-state index in [0.29, 0.717) is 11.5 Å². The second kappa shape index (κ2) is 5.31. The Labute approximate surface area is 111 Å². The van der Waals surface area contributed by atoms with E-state index in [1.807, 2.05) is 12.1 Å². The molecule has 1 atom stereocenters. The van der Waals surface area contributed by atoms with E-state index in [4.69, 9.17) is 5.73 Å². The van der Waals surface area contributed by atoms with Crippen LogP contribution in [0.1, 0.15) is 51.6 Å². The van der Waals surface area contributed by atoms with Gasteiger partial charge in [-0.05, 0) is 62.4 Å². The Bertz CT molecular complexity index is 381. The molecule has 0 radical (unpaired) electrons. The molecule has 2 N–H and O–H groups in total. The van der Waals surface area contributed by atoms with Gasteiger partial charge in [-0.1, -0.05) is 26.0 Å². The van der Waals surface area contributed by atoms with Crippen LogP contribution in [-0.4, -0.2) is 18.0 Å². The highest BCUT2D eigenvalue weighted by atomic mass is 15.1. The topological polar surface area (TPSA) is 29.3 Å². The van der Waals surface area contributed by atoms with Crippen molar-refractivity contribution in [3.63, 3.8) is 0 Å². The Morgan fingerprint density at radius 2 is 1.78 bits per heavy atom. The summed E-state index contributed by atoms with van der Waals surface area (Å²) in [7, 11) is 0. The van der Waals surface area contributed by atoms with Crippen LogP contribution in [0.4, 0.5) is 5.69 Å². The summed E-state index contributed by atoms with van der Waals surface area (Å²) in [4.78, 5) is 2.61. The lowest BCUT2D eigenvalue weighted by Gasteiger charge is -2.29. The van der Waals surface area contributed by atoms with Crippen LogP contribution in [-0.2, 0) is 0 Å². The fraction of sp³-hybridized carbons (Fsp3) is 0.625. The Morgan fingerprint density at radius 3 is 2.44 bits per heavy atom. The number of nitrogen functional groups attached to an aromatic ring is 1. The SMILES string of the molecule is CC(c1ccc(N)cc1)N1CCCC(C)(C)CC1. The molecule has 0 bridgehead atoms. The summed E-state index contributed by atoms with van der Waals surface area (Å²) in [6, 6.07) is 8.84. The van der Waals surface area contributed by atoms with E-state index in [2.05, 4.69) is 37.8 Å². The van der Waals surface area contributed by atoms with Gasteiger partial charge < -0.3 is 5.73 Å². The molecule has 2 rings (SSSR count). The van der Waals surface area contributed by atoms with Gasteiger partial charge in [-0.2, -0.15) is 0 Å². The molecule has 1 fully saturated rings. The molecule has 1 aromatic carbocycles. The average Bonchev–Trinajstić information content (AvgIpc) is 2.50. The first-order valence-electron chi connectivity index (χ1n) is 7.07. The van der Waals surface area contributed by atoms with Crippen molar-refractivity contribution in [2.24, 2.45) is 5.41 Å². The quantitative estimate of drug-likeness (QED) is 0.803. The van der Waals surface area contributed by atoms with Crippen LogP contribution in [0.25, 0.3) is 0 Å². The van der Waals surface area contributed by atoms with E-state index in [1.54, 1.807) is 0 Å². The predicted molar refractivity (Wildman–Crippen MR) is 78.5 cm³/mol. The second-order valence-electron chi connectivity index (χ2n) is 6.40. The first-order valence-corrected chi connectivity index (χ1v) is 7.07. The zero-order valence-electron chi connectivity index (χ0n) is 11.9. The Hall–Kier alpha value is -1.02. The first kappa shape index (κ1) is 13.4. The zero-order valence-corrected chi connectivity index (χ0v) is 11.9. The summed E-state index contributed by atoms with van der Waals surface area (Å²) in [5, 5.41) is 0. The van der Waals surface area contributed by atoms with Gasteiger partial charge in [0.1, 0.15) is 0 Å². The lowest BCUT2D eigenvalue weighted by Crippen LogP contribution is -2.28. The van der Waals surface area contributed by atoms with Gasteiger partial charge in [-0.3, -0.25) is 4.90 Å². The van der Waals surface area contributed by atoms with Crippen LogP contribution in [0.5, 0.6) is 0 Å². The number of benzene rings is 1. The van der Waals surface area contributed by atoms with Gasteiger partial charge in [0.15, 0.2) is 0 Å². The molecule has 2 nitrogen and oxygen atoms in total. The van der Waals surface area contributed by atoms with Crippen LogP contribution in [0.15, 0.2) is 24.3 Å². The fourth-order valence-electron chi connectivity index (χ4n) is 2.82. The number of likely N-dealkylation sites (tertiary alicyclic amines) is 1. The molecule has 0 saturated carbocycles. The normalized spacial score (nSPS) is 22.4. The minimum absolute atomic E-state index is 0.500. The van der Waals surface area contributed by atoms with Crippen LogP contribution in [0.3, 0.4) is 0 Å². The molecule has 1 aromatic rings. The largest absolute Gasteiger partial charge is 0.399 e. The Balaban J connectivity index is 2.04. The minimum atomic E-state index is 0.500. The van der Waals surface area contributed by atoms with Crippen LogP contribution in [0, 0.1) is 5.41 Å². The van der Waals surface area contributed by atoms with Gasteiger partial charge in [0.25, 0.3) is 0 Å². The minimum Gasteiger partial charge on any atom is -0.399 e. The third-order valence-electron chi connectivity index (χ3n) is 4.34. The van der Waals surface area contributed by atoms with Crippen molar-refractivity contribution >= 4 is 5.69 Å². The molecule has 0 amide bonds. The van der Waals surface area contributed by atoms with E-state index in [9.17, 15) is 0 Å². The molecule has 0 aliphatic carbocycles. The first-order chi connectivity index (χ1) is 8.48. The summed E-state index contributed by atoms with van der Waals surface area (Å²) in [6.45, 7) is 9.52. The van der Waals surface area contributed by atoms with Crippen molar-refractivity contribution in [3.05, 3.63) is 29.8 Å². The summed E-state index contributed by atoms with van der Waals surface area (Å²) >= 11 is 0. The van der Waals surface area contributed by atoms with Crippen LogP contribution < -0.4 is 5.73 Å². The van der Waals surface area contributed by atoms with Gasteiger partial charge in [0.05, 0.1) is 0 Å². The third kappa shape index (κ3) is 3.26. The molecular formula is C16H26N2. The standard InChI is InChI=1S/C16H26N2/c1-13(14-5-7-15(17)8-6-14)18-11-4-9-16(2,3)10-12-18/h5-8,13H,4,9-12,17H2,1-3H3. The van der Waals surface area contributed by atoms with Gasteiger partial charge in [0.2, 0.25) is 0 Å². The fourth-order valence-corrected chi connectivity index (χ4v) is 2.82. The van der Waals surface area contributed by atoms with E-state index < -0.39 is 0 Å². The van der Waals surface area contributed by atoms with E-state index in [1.165, 1.54) is 37.9 Å². The maximum Gasteiger partial charge on any atom is 0.0319 e.